The molecule has 1 aliphatic rings. The first-order valence-corrected chi connectivity index (χ1v) is 10.3. The molecule has 4 rings (SSSR count). The zero-order chi connectivity index (χ0) is 25.2. The topological polar surface area (TPSA) is 131 Å². The predicted octanol–water partition coefficient (Wildman–Crippen LogP) is 3.46. The van der Waals surface area contributed by atoms with Gasteiger partial charge in [-0.1, -0.05) is 53.7 Å². The van der Waals surface area contributed by atoms with Crippen LogP contribution in [0.1, 0.15) is 33.3 Å². The van der Waals surface area contributed by atoms with Crippen molar-refractivity contribution in [2.75, 3.05) is 6.61 Å². The van der Waals surface area contributed by atoms with Crippen LogP contribution >= 0.6 is 0 Å². The second-order valence-electron chi connectivity index (χ2n) is 7.65. The number of halogens is 3. The number of carboxylic acid groups (broad SMARTS) is 1. The van der Waals surface area contributed by atoms with Crippen molar-refractivity contribution in [3.05, 3.63) is 77.2 Å². The number of aromatic nitrogens is 1. The molecule has 0 saturated heterocycles. The van der Waals surface area contributed by atoms with E-state index in [1.54, 1.807) is 5.32 Å². The molecule has 2 amide bonds. The fraction of sp³-hybridized carbons (Fsp3) is 0.217. The number of ether oxygens (including phenoxy) is 1. The molecule has 1 aromatic heterocycles. The predicted molar refractivity (Wildman–Crippen MR) is 113 cm³/mol. The van der Waals surface area contributed by atoms with Gasteiger partial charge in [0.15, 0.2) is 11.5 Å². The highest BCUT2D eigenvalue weighted by molar-refractivity contribution is 5.87. The summed E-state index contributed by atoms with van der Waals surface area (Å²) in [5.74, 6) is -3.55. The average Bonchev–Trinajstić information content (AvgIpc) is 3.42. The van der Waals surface area contributed by atoms with Gasteiger partial charge in [-0.2, -0.15) is 13.2 Å². The minimum atomic E-state index is -5.12. The summed E-state index contributed by atoms with van der Waals surface area (Å²) in [7, 11) is 0. The Morgan fingerprint density at radius 1 is 1.06 bits per heavy atom. The monoisotopic (exact) mass is 489 g/mol. The third kappa shape index (κ3) is 5.10. The summed E-state index contributed by atoms with van der Waals surface area (Å²) >= 11 is 0. The molecule has 12 heteroatoms. The SMILES string of the molecule is O=C(NC(C(=O)NCc1cc(C(=O)O)no1)C(F)(F)F)OCC1c2ccccc2-c2ccccc21. The molecule has 9 nitrogen and oxygen atoms in total. The number of nitrogens with zero attached hydrogens (tertiary/aromatic N) is 1. The summed E-state index contributed by atoms with van der Waals surface area (Å²) in [6.45, 7) is -0.805. The minimum Gasteiger partial charge on any atom is -0.476 e. The van der Waals surface area contributed by atoms with Crippen LogP contribution in [-0.2, 0) is 16.1 Å². The van der Waals surface area contributed by atoms with Gasteiger partial charge in [-0.05, 0) is 22.3 Å². The van der Waals surface area contributed by atoms with Crippen LogP contribution in [0.15, 0.2) is 59.1 Å². The highest BCUT2D eigenvalue weighted by Gasteiger charge is 2.46. The third-order valence-electron chi connectivity index (χ3n) is 5.41. The number of alkyl halides is 3. The van der Waals surface area contributed by atoms with Gasteiger partial charge in [0, 0.05) is 12.0 Å². The van der Waals surface area contributed by atoms with E-state index in [1.165, 1.54) is 0 Å². The van der Waals surface area contributed by atoms with Crippen LogP contribution in [-0.4, -0.2) is 47.1 Å². The molecule has 0 fully saturated rings. The molecule has 182 valence electrons. The van der Waals surface area contributed by atoms with Crippen molar-refractivity contribution in [3.8, 4) is 11.1 Å². The summed E-state index contributed by atoms with van der Waals surface area (Å²) in [5, 5.41) is 15.5. The molecule has 1 aliphatic carbocycles. The van der Waals surface area contributed by atoms with Gasteiger partial charge in [0.2, 0.25) is 6.04 Å². The van der Waals surface area contributed by atoms with Gasteiger partial charge >= 0.3 is 18.2 Å². The summed E-state index contributed by atoms with van der Waals surface area (Å²) in [6.07, 6.45) is -6.54. The number of hydrogen-bond donors (Lipinski definition) is 3. The lowest BCUT2D eigenvalue weighted by Gasteiger charge is -2.21. The lowest BCUT2D eigenvalue weighted by Crippen LogP contribution is -2.55. The van der Waals surface area contributed by atoms with Crippen molar-refractivity contribution < 1.29 is 41.9 Å². The molecule has 0 spiro atoms. The van der Waals surface area contributed by atoms with Crippen LogP contribution < -0.4 is 10.6 Å². The zero-order valence-electron chi connectivity index (χ0n) is 17.8. The molecule has 0 saturated carbocycles. The average molecular weight is 489 g/mol. The molecule has 0 bridgehead atoms. The summed E-state index contributed by atoms with van der Waals surface area (Å²) in [4.78, 5) is 35.2. The highest BCUT2D eigenvalue weighted by Crippen LogP contribution is 2.44. The van der Waals surface area contributed by atoms with Crippen molar-refractivity contribution in [1.29, 1.82) is 0 Å². The van der Waals surface area contributed by atoms with Crippen molar-refractivity contribution in [2.24, 2.45) is 0 Å². The van der Waals surface area contributed by atoms with Crippen LogP contribution in [0.5, 0.6) is 0 Å². The number of carboxylic acids is 1. The van der Waals surface area contributed by atoms with Crippen LogP contribution in [0.2, 0.25) is 0 Å². The Bertz CT molecular complexity index is 1230. The normalized spacial score (nSPS) is 13.5. The van der Waals surface area contributed by atoms with Gasteiger partial charge in [-0.3, -0.25) is 4.79 Å². The molecule has 0 radical (unpaired) electrons. The quantitative estimate of drug-likeness (QED) is 0.463. The molecule has 3 aromatic rings. The standard InChI is InChI=1S/C23H18F3N3O6/c24-23(25,26)19(20(30)27-10-12-9-18(21(31)32)29-35-12)28-22(33)34-11-17-15-7-3-1-5-13(15)14-6-2-4-8-16(14)17/h1-9,17,19H,10-11H2,(H,27,30)(H,28,33)(H,31,32). The Labute approximate surface area is 195 Å². The largest absolute Gasteiger partial charge is 0.476 e. The third-order valence-corrected chi connectivity index (χ3v) is 5.41. The second-order valence-corrected chi connectivity index (χ2v) is 7.65. The smallest absolute Gasteiger partial charge is 0.417 e. The number of alkyl carbamates (subject to hydrolysis) is 1. The van der Waals surface area contributed by atoms with Gasteiger partial charge in [-0.25, -0.2) is 9.59 Å². The number of carbonyl (C=O) groups is 3. The lowest BCUT2D eigenvalue weighted by atomic mass is 9.98. The number of fused-ring (bicyclic) bond motifs is 3. The Kier molecular flexibility index (Phi) is 6.45. The van der Waals surface area contributed by atoms with Gasteiger partial charge in [-0.15, -0.1) is 0 Å². The molecular formula is C23H18F3N3O6. The Balaban J connectivity index is 1.39. The fourth-order valence-corrected chi connectivity index (χ4v) is 3.83. The van der Waals surface area contributed by atoms with Gasteiger partial charge in [0.05, 0.1) is 6.54 Å². The first-order valence-electron chi connectivity index (χ1n) is 10.3. The number of hydrogen-bond acceptors (Lipinski definition) is 6. The number of benzene rings is 2. The molecule has 3 N–H and O–H groups in total. The number of rotatable bonds is 7. The number of carbonyl (C=O) groups excluding carboxylic acids is 2. The van der Waals surface area contributed by atoms with Crippen molar-refractivity contribution in [2.45, 2.75) is 24.7 Å². The first kappa shape index (κ1) is 23.8. The van der Waals surface area contributed by atoms with Crippen LogP contribution in [0.4, 0.5) is 18.0 Å². The molecule has 2 aromatic carbocycles. The fourth-order valence-electron chi connectivity index (χ4n) is 3.83. The van der Waals surface area contributed by atoms with E-state index < -0.39 is 42.4 Å². The van der Waals surface area contributed by atoms with Gasteiger partial charge in [0.1, 0.15) is 6.61 Å². The van der Waals surface area contributed by atoms with E-state index in [4.69, 9.17) is 9.84 Å². The van der Waals surface area contributed by atoms with Crippen LogP contribution in [0.25, 0.3) is 11.1 Å². The van der Waals surface area contributed by atoms with Crippen molar-refractivity contribution in [3.63, 3.8) is 0 Å². The molecule has 1 unspecified atom stereocenters. The van der Waals surface area contributed by atoms with Crippen LogP contribution in [0, 0.1) is 0 Å². The zero-order valence-corrected chi connectivity index (χ0v) is 17.8. The Hall–Kier alpha value is -4.35. The van der Waals surface area contributed by atoms with E-state index in [0.29, 0.717) is 0 Å². The van der Waals surface area contributed by atoms with Crippen LogP contribution in [0.3, 0.4) is 0 Å². The second kappa shape index (κ2) is 9.49. The Morgan fingerprint density at radius 2 is 1.66 bits per heavy atom. The number of amides is 2. The molecule has 0 aliphatic heterocycles. The van der Waals surface area contributed by atoms with E-state index in [0.717, 1.165) is 28.3 Å². The molecular weight excluding hydrogens is 471 g/mol. The van der Waals surface area contributed by atoms with Gasteiger partial charge < -0.3 is 25.0 Å². The van der Waals surface area contributed by atoms with Crippen molar-refractivity contribution in [1.82, 2.24) is 15.8 Å². The van der Waals surface area contributed by atoms with E-state index in [1.807, 2.05) is 53.8 Å². The molecule has 1 atom stereocenters. The minimum absolute atomic E-state index is 0.183. The van der Waals surface area contributed by atoms with E-state index >= 15 is 0 Å². The molecule has 1 heterocycles. The lowest BCUT2D eigenvalue weighted by molar-refractivity contribution is -0.167. The van der Waals surface area contributed by atoms with E-state index in [-0.39, 0.29) is 18.3 Å². The number of aromatic carboxylic acids is 1. The maximum Gasteiger partial charge on any atom is 0.417 e. The molecule has 35 heavy (non-hydrogen) atoms. The maximum absolute atomic E-state index is 13.5. The summed E-state index contributed by atoms with van der Waals surface area (Å²) in [6, 6.07) is 12.9. The highest BCUT2D eigenvalue weighted by atomic mass is 19.4. The van der Waals surface area contributed by atoms with E-state index in [9.17, 15) is 27.6 Å². The summed E-state index contributed by atoms with van der Waals surface area (Å²) < 4.78 is 50.1. The van der Waals surface area contributed by atoms with Gasteiger partial charge in [0.25, 0.3) is 5.91 Å². The maximum atomic E-state index is 13.5. The first-order chi connectivity index (χ1) is 16.6. The summed E-state index contributed by atoms with van der Waals surface area (Å²) in [5.41, 5.74) is 3.17. The van der Waals surface area contributed by atoms with E-state index in [2.05, 4.69) is 9.68 Å². The number of nitrogens with one attached hydrogen (secondary N) is 2. The van der Waals surface area contributed by atoms with Crippen molar-refractivity contribution >= 4 is 18.0 Å². The Morgan fingerprint density at radius 3 is 2.20 bits per heavy atom.